The van der Waals surface area contributed by atoms with Gasteiger partial charge < -0.3 is 24.5 Å². The molecule has 0 unspecified atom stereocenters. The van der Waals surface area contributed by atoms with E-state index >= 15 is 0 Å². The Morgan fingerprint density at radius 3 is 2.24 bits per heavy atom. The number of hydrogen-bond acceptors (Lipinski definition) is 5. The number of benzene rings is 2. The molecule has 0 bridgehead atoms. The second kappa shape index (κ2) is 12.4. The maximum atomic E-state index is 13.4. The van der Waals surface area contributed by atoms with Crippen molar-refractivity contribution < 1.29 is 24.2 Å². The van der Waals surface area contributed by atoms with Gasteiger partial charge in [0.2, 0.25) is 5.43 Å². The van der Waals surface area contributed by atoms with Gasteiger partial charge in [-0.2, -0.15) is 0 Å². The normalized spacial score (nSPS) is 10.6. The summed E-state index contributed by atoms with van der Waals surface area (Å²) in [4.78, 5) is 42.1. The largest absolute Gasteiger partial charge is 0.483 e. The van der Waals surface area contributed by atoms with Gasteiger partial charge in [0, 0.05) is 26.4 Å². The van der Waals surface area contributed by atoms with Crippen molar-refractivity contribution in [2.24, 2.45) is 0 Å². The number of methoxy groups -OCH3 is 1. The third-order valence-electron chi connectivity index (χ3n) is 5.30. The van der Waals surface area contributed by atoms with Crippen molar-refractivity contribution in [3.63, 3.8) is 0 Å². The van der Waals surface area contributed by atoms with Gasteiger partial charge in [0.05, 0.1) is 6.61 Å². The van der Waals surface area contributed by atoms with Gasteiger partial charge in [0.15, 0.2) is 11.4 Å². The number of pyridine rings is 1. The highest BCUT2D eigenvalue weighted by molar-refractivity contribution is 5.96. The van der Waals surface area contributed by atoms with E-state index in [1.165, 1.54) is 0 Å². The Balaban J connectivity index is 1.85. The molecular formula is C26H28N2O6. The summed E-state index contributed by atoms with van der Waals surface area (Å²) in [6.07, 6.45) is 2.52. The minimum absolute atomic E-state index is 0.0132. The number of carbonyl (C=O) groups is 2. The van der Waals surface area contributed by atoms with Crippen LogP contribution in [-0.2, 0) is 17.8 Å². The van der Waals surface area contributed by atoms with E-state index in [9.17, 15) is 19.5 Å². The second-order valence-corrected chi connectivity index (χ2v) is 7.69. The van der Waals surface area contributed by atoms with Gasteiger partial charge in [0.1, 0.15) is 12.2 Å². The van der Waals surface area contributed by atoms with Crippen molar-refractivity contribution in [1.29, 1.82) is 0 Å². The number of carbonyl (C=O) groups excluding carboxylic acids is 1. The number of H-pyrrole nitrogens is 1. The lowest BCUT2D eigenvalue weighted by atomic mass is 10.1. The van der Waals surface area contributed by atoms with E-state index < -0.39 is 22.9 Å². The maximum Gasteiger partial charge on any atom is 0.341 e. The highest BCUT2D eigenvalue weighted by Crippen LogP contribution is 2.17. The topological polar surface area (TPSA) is 109 Å². The smallest absolute Gasteiger partial charge is 0.341 e. The fourth-order valence-corrected chi connectivity index (χ4v) is 3.49. The maximum absolute atomic E-state index is 13.4. The predicted molar refractivity (Wildman–Crippen MR) is 127 cm³/mol. The molecule has 2 N–H and O–H groups in total. The number of aromatic carboxylic acids is 1. The van der Waals surface area contributed by atoms with Crippen LogP contribution in [0.25, 0.3) is 0 Å². The van der Waals surface area contributed by atoms with Crippen LogP contribution in [0.15, 0.2) is 71.7 Å². The minimum atomic E-state index is -1.40. The molecule has 0 saturated carbocycles. The average molecular weight is 465 g/mol. The fourth-order valence-electron chi connectivity index (χ4n) is 3.49. The molecule has 3 rings (SSSR count). The molecule has 0 aliphatic heterocycles. The molecule has 1 amide bonds. The number of hydrogen-bond donors (Lipinski definition) is 2. The summed E-state index contributed by atoms with van der Waals surface area (Å²) in [6.45, 7) is 1.07. The molecule has 34 heavy (non-hydrogen) atoms. The van der Waals surface area contributed by atoms with Crippen LogP contribution >= 0.6 is 0 Å². The van der Waals surface area contributed by atoms with Crippen LogP contribution in [0.5, 0.6) is 5.75 Å². The van der Waals surface area contributed by atoms with E-state index in [1.807, 2.05) is 60.7 Å². The third kappa shape index (κ3) is 6.55. The number of nitrogens with zero attached hydrogens (tertiary/aromatic N) is 1. The summed E-state index contributed by atoms with van der Waals surface area (Å²) in [6, 6.07) is 19.0. The zero-order valence-electron chi connectivity index (χ0n) is 19.0. The molecule has 1 heterocycles. The molecule has 0 saturated heterocycles. The lowest BCUT2D eigenvalue weighted by molar-refractivity contribution is 0.0670. The quantitative estimate of drug-likeness (QED) is 0.425. The molecule has 8 nitrogen and oxygen atoms in total. The summed E-state index contributed by atoms with van der Waals surface area (Å²) < 4.78 is 10.9. The molecule has 8 heteroatoms. The Labute approximate surface area is 197 Å². The van der Waals surface area contributed by atoms with Gasteiger partial charge in [-0.3, -0.25) is 9.59 Å². The Bertz CT molecular complexity index is 1140. The summed E-state index contributed by atoms with van der Waals surface area (Å²) in [5.41, 5.74) is 0.517. The zero-order chi connectivity index (χ0) is 24.3. The van der Waals surface area contributed by atoms with E-state index in [2.05, 4.69) is 4.98 Å². The lowest BCUT2D eigenvalue weighted by Gasteiger charge is -2.23. The molecule has 3 aromatic rings. The van der Waals surface area contributed by atoms with Crippen LogP contribution in [0.3, 0.4) is 0 Å². The van der Waals surface area contributed by atoms with E-state index in [1.54, 1.807) is 12.0 Å². The summed E-state index contributed by atoms with van der Waals surface area (Å²) >= 11 is 0. The van der Waals surface area contributed by atoms with Crippen molar-refractivity contribution >= 4 is 11.9 Å². The van der Waals surface area contributed by atoms with E-state index in [0.717, 1.165) is 23.7 Å². The second-order valence-electron chi connectivity index (χ2n) is 7.69. The molecule has 0 aliphatic carbocycles. The van der Waals surface area contributed by atoms with Crippen LogP contribution in [0.2, 0.25) is 0 Å². The molecule has 178 valence electrons. The summed E-state index contributed by atoms with van der Waals surface area (Å²) in [5, 5.41) is 9.37. The number of aromatic amines is 1. The zero-order valence-corrected chi connectivity index (χ0v) is 19.0. The molecule has 0 atom stereocenters. The molecule has 1 aromatic heterocycles. The predicted octanol–water partition coefficient (Wildman–Crippen LogP) is 3.37. The number of ether oxygens (including phenoxy) is 2. The number of amides is 1. The molecule has 0 fully saturated rings. The Morgan fingerprint density at radius 2 is 1.62 bits per heavy atom. The molecule has 0 aliphatic rings. The van der Waals surface area contributed by atoms with Gasteiger partial charge in [-0.05, 0) is 24.0 Å². The SMILES string of the molecule is COCCN(CCCc1ccccc1)C(=O)c1[nH]cc(C(=O)O)c(=O)c1OCc1ccccc1. The molecular weight excluding hydrogens is 436 g/mol. The highest BCUT2D eigenvalue weighted by atomic mass is 16.5. The Kier molecular flexibility index (Phi) is 8.99. The van der Waals surface area contributed by atoms with E-state index in [-0.39, 0.29) is 18.1 Å². The van der Waals surface area contributed by atoms with E-state index in [4.69, 9.17) is 9.47 Å². The first kappa shape index (κ1) is 24.7. The number of rotatable bonds is 12. The van der Waals surface area contributed by atoms with Crippen LogP contribution in [0.1, 0.15) is 38.4 Å². The lowest BCUT2D eigenvalue weighted by Crippen LogP contribution is -2.37. The number of nitrogens with one attached hydrogen (secondary N) is 1. The first-order valence-corrected chi connectivity index (χ1v) is 11.0. The van der Waals surface area contributed by atoms with Crippen molar-refractivity contribution in [3.05, 3.63) is 99.5 Å². The first-order chi connectivity index (χ1) is 16.5. The molecule has 2 aromatic carbocycles. The van der Waals surface area contributed by atoms with Crippen molar-refractivity contribution in [2.45, 2.75) is 19.4 Å². The van der Waals surface area contributed by atoms with Crippen molar-refractivity contribution in [1.82, 2.24) is 9.88 Å². The third-order valence-corrected chi connectivity index (χ3v) is 5.30. The van der Waals surface area contributed by atoms with Gasteiger partial charge in [-0.25, -0.2) is 4.79 Å². The van der Waals surface area contributed by atoms with Crippen LogP contribution < -0.4 is 10.2 Å². The monoisotopic (exact) mass is 464 g/mol. The Morgan fingerprint density at radius 1 is 0.971 bits per heavy atom. The van der Waals surface area contributed by atoms with Crippen LogP contribution in [-0.4, -0.2) is 53.7 Å². The average Bonchev–Trinajstić information content (AvgIpc) is 2.85. The molecule has 0 radical (unpaired) electrons. The van der Waals surface area contributed by atoms with Crippen LogP contribution in [0, 0.1) is 0 Å². The number of aryl methyl sites for hydroxylation is 1. The number of carboxylic acids is 1. The number of carboxylic acid groups (broad SMARTS) is 1. The Hall–Kier alpha value is -3.91. The van der Waals surface area contributed by atoms with Gasteiger partial charge in [-0.15, -0.1) is 0 Å². The molecule has 0 spiro atoms. The van der Waals surface area contributed by atoms with Gasteiger partial charge in [0.25, 0.3) is 5.91 Å². The number of aromatic nitrogens is 1. The first-order valence-electron chi connectivity index (χ1n) is 11.0. The van der Waals surface area contributed by atoms with Gasteiger partial charge in [-0.1, -0.05) is 60.7 Å². The summed E-state index contributed by atoms with van der Waals surface area (Å²) in [5.74, 6) is -2.16. The van der Waals surface area contributed by atoms with Gasteiger partial charge >= 0.3 is 5.97 Å². The standard InChI is InChI=1S/C26H28N2O6/c1-33-16-15-28(14-8-13-19-9-4-2-5-10-19)25(30)22-24(23(29)21(17-27-22)26(31)32)34-18-20-11-6-3-7-12-20/h2-7,9-12,17H,8,13-16,18H2,1H3,(H,27,29)(H,31,32). The fraction of sp³-hybridized carbons (Fsp3) is 0.269. The van der Waals surface area contributed by atoms with Crippen LogP contribution in [0.4, 0.5) is 0 Å². The van der Waals surface area contributed by atoms with Crippen molar-refractivity contribution in [3.8, 4) is 5.75 Å². The van der Waals surface area contributed by atoms with E-state index in [0.29, 0.717) is 26.1 Å². The van der Waals surface area contributed by atoms with Crippen molar-refractivity contribution in [2.75, 3.05) is 26.8 Å². The summed E-state index contributed by atoms with van der Waals surface area (Å²) in [7, 11) is 1.55. The minimum Gasteiger partial charge on any atom is -0.483 e. The highest BCUT2D eigenvalue weighted by Gasteiger charge is 2.25.